The van der Waals surface area contributed by atoms with Crippen LogP contribution in [0.3, 0.4) is 0 Å². The first-order valence-electron chi connectivity index (χ1n) is 9.55. The zero-order chi connectivity index (χ0) is 19.9. The van der Waals surface area contributed by atoms with E-state index in [1.54, 1.807) is 18.2 Å². The number of halogens is 2. The maximum atomic E-state index is 12.4. The van der Waals surface area contributed by atoms with Gasteiger partial charge in [-0.05, 0) is 62.7 Å². The van der Waals surface area contributed by atoms with E-state index in [1.807, 2.05) is 18.2 Å². The van der Waals surface area contributed by atoms with E-state index < -0.39 is 0 Å². The van der Waals surface area contributed by atoms with Gasteiger partial charge in [0.15, 0.2) is 12.4 Å². The summed E-state index contributed by atoms with van der Waals surface area (Å²) >= 11 is 6.19. The molecule has 156 valence electrons. The fraction of sp³-hybridized carbons (Fsp3) is 0.364. The van der Waals surface area contributed by atoms with Gasteiger partial charge >= 0.3 is 0 Å². The van der Waals surface area contributed by atoms with Crippen LogP contribution in [0.2, 0.25) is 5.02 Å². The number of Topliss-reactive ketones (excluding diaryl/α,β-unsaturated/α-hetero) is 1. The minimum Gasteiger partial charge on any atom is -0.482 e. The molecule has 0 bridgehead atoms. The van der Waals surface area contributed by atoms with Crippen molar-refractivity contribution < 1.29 is 14.3 Å². The van der Waals surface area contributed by atoms with Crippen LogP contribution in [-0.4, -0.2) is 43.3 Å². The Morgan fingerprint density at radius 1 is 1.17 bits per heavy atom. The molecule has 0 radical (unpaired) electrons. The van der Waals surface area contributed by atoms with Crippen LogP contribution in [0.25, 0.3) is 0 Å². The summed E-state index contributed by atoms with van der Waals surface area (Å²) in [4.78, 5) is 26.1. The number of carbonyl (C=O) groups excluding carboxylic acids is 2. The molecular formula is C22H26Cl2N2O3. The Bertz CT molecular complexity index is 858. The molecular weight excluding hydrogens is 411 g/mol. The van der Waals surface area contributed by atoms with E-state index >= 15 is 0 Å². The van der Waals surface area contributed by atoms with Crippen molar-refractivity contribution in [2.24, 2.45) is 0 Å². The molecule has 29 heavy (non-hydrogen) atoms. The lowest BCUT2D eigenvalue weighted by molar-refractivity contribution is -0.118. The first-order valence-corrected chi connectivity index (χ1v) is 9.92. The third kappa shape index (κ3) is 6.74. The lowest BCUT2D eigenvalue weighted by Crippen LogP contribution is -2.25. The highest BCUT2D eigenvalue weighted by molar-refractivity contribution is 6.31. The molecule has 0 saturated carbocycles. The Labute approximate surface area is 182 Å². The Kier molecular flexibility index (Phi) is 8.96. The van der Waals surface area contributed by atoms with Gasteiger partial charge in [-0.15, -0.1) is 12.4 Å². The molecule has 0 aromatic heterocycles. The predicted octanol–water partition coefficient (Wildman–Crippen LogP) is 4.62. The number of benzene rings is 2. The largest absolute Gasteiger partial charge is 0.482 e. The minimum absolute atomic E-state index is 0. The average Bonchev–Trinajstić information content (AvgIpc) is 2.69. The van der Waals surface area contributed by atoms with Gasteiger partial charge < -0.3 is 15.0 Å². The molecule has 1 heterocycles. The lowest BCUT2D eigenvalue weighted by Gasteiger charge is -2.18. The van der Waals surface area contributed by atoms with Crippen LogP contribution in [0.4, 0.5) is 5.69 Å². The maximum absolute atomic E-state index is 12.4. The number of anilines is 1. The number of ketones is 1. The summed E-state index contributed by atoms with van der Waals surface area (Å²) in [6.45, 7) is 1.89. The summed E-state index contributed by atoms with van der Waals surface area (Å²) in [5, 5.41) is 3.55. The Morgan fingerprint density at radius 3 is 2.76 bits per heavy atom. The van der Waals surface area contributed by atoms with E-state index in [4.69, 9.17) is 16.3 Å². The number of ether oxygens (including phenoxy) is 1. The topological polar surface area (TPSA) is 58.6 Å². The summed E-state index contributed by atoms with van der Waals surface area (Å²) in [7, 11) is 2.09. The van der Waals surface area contributed by atoms with E-state index in [-0.39, 0.29) is 30.7 Å². The standard InChI is InChI=1S/C22H25ClN2O3.ClH/c1-25(13-11-16-6-2-3-7-18(16)23)12-5-4-8-20(26)17-9-10-21-19(14-17)24-22(27)15-28-21;/h2-3,6-7,9-10,14H,4-5,8,11-13,15H2,1H3,(H,24,27);1H. The van der Waals surface area contributed by atoms with Crippen LogP contribution in [0, 0.1) is 0 Å². The predicted molar refractivity (Wildman–Crippen MR) is 119 cm³/mol. The molecule has 2 aromatic rings. The Hall–Kier alpha value is -2.08. The molecule has 0 spiro atoms. The normalized spacial score (nSPS) is 12.6. The lowest BCUT2D eigenvalue weighted by atomic mass is 10.0. The minimum atomic E-state index is -0.197. The molecule has 3 rings (SSSR count). The van der Waals surface area contributed by atoms with Crippen molar-refractivity contribution in [3.05, 3.63) is 58.6 Å². The van der Waals surface area contributed by atoms with Crippen LogP contribution < -0.4 is 10.1 Å². The molecule has 0 aliphatic carbocycles. The summed E-state index contributed by atoms with van der Waals surface area (Å²) in [6.07, 6.45) is 3.19. The van der Waals surface area contributed by atoms with E-state index in [1.165, 1.54) is 0 Å². The molecule has 0 fully saturated rings. The van der Waals surface area contributed by atoms with Crippen LogP contribution >= 0.6 is 24.0 Å². The third-order valence-electron chi connectivity index (χ3n) is 4.85. The molecule has 5 nitrogen and oxygen atoms in total. The van der Waals surface area contributed by atoms with Crippen molar-refractivity contribution in [3.63, 3.8) is 0 Å². The SMILES string of the molecule is CN(CCCCC(=O)c1ccc2c(c1)NC(=O)CO2)CCc1ccccc1Cl.Cl. The first-order chi connectivity index (χ1) is 13.5. The summed E-state index contributed by atoms with van der Waals surface area (Å²) in [6, 6.07) is 13.1. The number of nitrogens with one attached hydrogen (secondary N) is 1. The highest BCUT2D eigenvalue weighted by Gasteiger charge is 2.17. The molecule has 7 heteroatoms. The van der Waals surface area contributed by atoms with Gasteiger partial charge in [0.1, 0.15) is 5.75 Å². The number of fused-ring (bicyclic) bond motifs is 1. The van der Waals surface area contributed by atoms with Gasteiger partial charge in [-0.25, -0.2) is 0 Å². The summed E-state index contributed by atoms with van der Waals surface area (Å²) in [5.74, 6) is 0.495. The highest BCUT2D eigenvalue weighted by Crippen LogP contribution is 2.29. The second kappa shape index (κ2) is 11.2. The van der Waals surface area contributed by atoms with Gasteiger partial charge in [0.2, 0.25) is 0 Å². The smallest absolute Gasteiger partial charge is 0.262 e. The molecule has 1 N–H and O–H groups in total. The second-order valence-electron chi connectivity index (χ2n) is 7.07. The van der Waals surface area contributed by atoms with Gasteiger partial charge in [0, 0.05) is 23.6 Å². The van der Waals surface area contributed by atoms with E-state index in [0.29, 0.717) is 23.4 Å². The van der Waals surface area contributed by atoms with Crippen LogP contribution in [-0.2, 0) is 11.2 Å². The maximum Gasteiger partial charge on any atom is 0.262 e. The highest BCUT2D eigenvalue weighted by atomic mass is 35.5. The Balaban J connectivity index is 0.00000300. The monoisotopic (exact) mass is 436 g/mol. The number of hydrogen-bond acceptors (Lipinski definition) is 4. The number of hydrogen-bond donors (Lipinski definition) is 1. The molecule has 1 amide bonds. The first kappa shape index (κ1) is 23.2. The molecule has 0 saturated heterocycles. The van der Waals surface area contributed by atoms with Crippen molar-refractivity contribution in [3.8, 4) is 5.75 Å². The number of carbonyl (C=O) groups is 2. The van der Waals surface area contributed by atoms with Gasteiger partial charge in [0.25, 0.3) is 5.91 Å². The summed E-state index contributed by atoms with van der Waals surface area (Å²) in [5.41, 5.74) is 2.34. The summed E-state index contributed by atoms with van der Waals surface area (Å²) < 4.78 is 5.32. The number of unbranched alkanes of at least 4 members (excludes halogenated alkanes) is 1. The van der Waals surface area contributed by atoms with E-state index in [9.17, 15) is 9.59 Å². The third-order valence-corrected chi connectivity index (χ3v) is 5.22. The van der Waals surface area contributed by atoms with Crippen molar-refractivity contribution in [1.82, 2.24) is 4.90 Å². The van der Waals surface area contributed by atoms with Crippen molar-refractivity contribution in [1.29, 1.82) is 0 Å². The number of rotatable bonds is 9. The van der Waals surface area contributed by atoms with Crippen LogP contribution in [0.15, 0.2) is 42.5 Å². The van der Waals surface area contributed by atoms with E-state index in [0.717, 1.165) is 42.9 Å². The zero-order valence-electron chi connectivity index (χ0n) is 16.4. The average molecular weight is 437 g/mol. The number of amides is 1. The molecule has 2 aromatic carbocycles. The van der Waals surface area contributed by atoms with Gasteiger partial charge in [-0.1, -0.05) is 29.8 Å². The molecule has 1 aliphatic heterocycles. The van der Waals surface area contributed by atoms with Crippen LogP contribution in [0.1, 0.15) is 35.2 Å². The van der Waals surface area contributed by atoms with Gasteiger partial charge in [0.05, 0.1) is 5.69 Å². The van der Waals surface area contributed by atoms with Gasteiger partial charge in [-0.2, -0.15) is 0 Å². The van der Waals surface area contributed by atoms with Crippen LogP contribution in [0.5, 0.6) is 5.75 Å². The molecule has 0 atom stereocenters. The second-order valence-corrected chi connectivity index (χ2v) is 7.48. The fourth-order valence-electron chi connectivity index (χ4n) is 3.19. The number of likely N-dealkylation sites (N-methyl/N-ethyl adjacent to an activating group) is 1. The van der Waals surface area contributed by atoms with Gasteiger partial charge in [-0.3, -0.25) is 9.59 Å². The fourth-order valence-corrected chi connectivity index (χ4v) is 3.42. The molecule has 1 aliphatic rings. The van der Waals surface area contributed by atoms with E-state index in [2.05, 4.69) is 23.3 Å². The van der Waals surface area contributed by atoms with Crippen molar-refractivity contribution in [2.75, 3.05) is 32.1 Å². The van der Waals surface area contributed by atoms with Crippen molar-refractivity contribution >= 4 is 41.4 Å². The van der Waals surface area contributed by atoms with Crippen molar-refractivity contribution in [2.45, 2.75) is 25.7 Å². The Morgan fingerprint density at radius 2 is 1.97 bits per heavy atom. The quantitative estimate of drug-likeness (QED) is 0.460. The molecule has 0 unspecified atom stereocenters. The zero-order valence-corrected chi connectivity index (χ0v) is 18.0. The number of nitrogens with zero attached hydrogens (tertiary/aromatic N) is 1.